The van der Waals surface area contributed by atoms with Gasteiger partial charge in [-0.2, -0.15) is 0 Å². The number of nitrogens with zero attached hydrogens (tertiary/aromatic N) is 2. The lowest BCUT2D eigenvalue weighted by Gasteiger charge is -2.21. The molecule has 4 nitrogen and oxygen atoms in total. The van der Waals surface area contributed by atoms with Gasteiger partial charge in [-0.25, -0.2) is 0 Å². The average Bonchev–Trinajstić information content (AvgIpc) is 2.59. The van der Waals surface area contributed by atoms with Crippen LogP contribution in [0.1, 0.15) is 5.56 Å². The average molecular weight is 291 g/mol. The highest BCUT2D eigenvalue weighted by Gasteiger charge is 2.30. The maximum Gasteiger partial charge on any atom is 0.160 e. The molecule has 0 saturated carbocycles. The summed E-state index contributed by atoms with van der Waals surface area (Å²) in [7, 11) is 0. The molecule has 1 aliphatic rings. The fourth-order valence-electron chi connectivity index (χ4n) is 1.41. The van der Waals surface area contributed by atoms with Crippen LogP contribution in [0.3, 0.4) is 0 Å². The molecule has 0 spiro atoms. The molecule has 90 valence electrons. The lowest BCUT2D eigenvalue weighted by Crippen LogP contribution is -2.34. The number of aromatic hydroxyl groups is 2. The summed E-state index contributed by atoms with van der Waals surface area (Å²) in [5.74, 6) is -0.160. The summed E-state index contributed by atoms with van der Waals surface area (Å²) in [6.45, 7) is 0. The van der Waals surface area contributed by atoms with Crippen LogP contribution in [0.5, 0.6) is 11.5 Å². The number of phenols is 2. The highest BCUT2D eigenvalue weighted by atomic mass is 35.5. The van der Waals surface area contributed by atoms with Crippen molar-refractivity contribution in [2.75, 3.05) is 0 Å². The van der Waals surface area contributed by atoms with Gasteiger partial charge in [-0.05, 0) is 12.1 Å². The highest BCUT2D eigenvalue weighted by Crippen LogP contribution is 2.28. The molecule has 0 aliphatic carbocycles. The first-order chi connectivity index (χ1) is 8.00. The SMILES string of the molecule is Oc1ccc(C(=S)N2C=NC(Cl)C2Cl)c(O)c1. The molecule has 0 radical (unpaired) electrons. The number of halogens is 2. The molecule has 1 aliphatic heterocycles. The molecule has 0 amide bonds. The van der Waals surface area contributed by atoms with Gasteiger partial charge < -0.3 is 15.1 Å². The first-order valence-electron chi connectivity index (χ1n) is 4.67. The number of benzene rings is 1. The van der Waals surface area contributed by atoms with E-state index in [2.05, 4.69) is 4.99 Å². The number of phenolic OH excluding ortho intramolecular Hbond substituents is 2. The Morgan fingerprint density at radius 3 is 2.59 bits per heavy atom. The van der Waals surface area contributed by atoms with E-state index in [1.54, 1.807) is 0 Å². The minimum Gasteiger partial charge on any atom is -0.508 e. The van der Waals surface area contributed by atoms with Crippen molar-refractivity contribution in [1.82, 2.24) is 4.90 Å². The van der Waals surface area contributed by atoms with E-state index in [0.29, 0.717) is 10.6 Å². The van der Waals surface area contributed by atoms with Gasteiger partial charge >= 0.3 is 0 Å². The molecule has 1 aromatic carbocycles. The lowest BCUT2D eigenvalue weighted by atomic mass is 10.2. The molecule has 2 N–H and O–H groups in total. The van der Waals surface area contributed by atoms with Gasteiger partial charge in [0, 0.05) is 6.07 Å². The number of aliphatic imine (C=N–C) groups is 1. The van der Waals surface area contributed by atoms with E-state index in [1.165, 1.54) is 29.4 Å². The van der Waals surface area contributed by atoms with Gasteiger partial charge in [-0.3, -0.25) is 4.99 Å². The molecule has 0 saturated heterocycles. The lowest BCUT2D eigenvalue weighted by molar-refractivity contribution is 0.449. The van der Waals surface area contributed by atoms with Crippen LogP contribution in [0.15, 0.2) is 23.2 Å². The molecule has 1 aromatic rings. The Hall–Kier alpha value is -1.04. The minimum atomic E-state index is -0.586. The van der Waals surface area contributed by atoms with Gasteiger partial charge in [0.15, 0.2) is 5.50 Å². The summed E-state index contributed by atoms with van der Waals surface area (Å²) in [4.78, 5) is 5.70. The molecule has 0 aromatic heterocycles. The third kappa shape index (κ3) is 2.31. The Morgan fingerprint density at radius 2 is 2.06 bits per heavy atom. The van der Waals surface area contributed by atoms with Crippen LogP contribution >= 0.6 is 35.4 Å². The fraction of sp³-hybridized carbons (Fsp3) is 0.200. The summed E-state index contributed by atoms with van der Waals surface area (Å²) >= 11 is 17.0. The van der Waals surface area contributed by atoms with Crippen LogP contribution in [0.2, 0.25) is 0 Å². The molecule has 2 unspecified atom stereocenters. The van der Waals surface area contributed by atoms with E-state index in [9.17, 15) is 10.2 Å². The second-order valence-corrected chi connectivity index (χ2v) is 4.70. The number of hydrogen-bond acceptors (Lipinski definition) is 4. The summed E-state index contributed by atoms with van der Waals surface area (Å²) in [6, 6.07) is 4.14. The molecular weight excluding hydrogens is 283 g/mol. The third-order valence-electron chi connectivity index (χ3n) is 2.27. The summed E-state index contributed by atoms with van der Waals surface area (Å²) < 4.78 is 0. The van der Waals surface area contributed by atoms with Crippen LogP contribution in [-0.2, 0) is 0 Å². The molecule has 0 fully saturated rings. The Balaban J connectivity index is 2.29. The first kappa shape index (κ1) is 12.4. The van der Waals surface area contributed by atoms with E-state index in [1.807, 2.05) is 0 Å². The number of alkyl halides is 2. The van der Waals surface area contributed by atoms with Crippen LogP contribution in [0.4, 0.5) is 0 Å². The van der Waals surface area contributed by atoms with Crippen molar-refractivity contribution in [1.29, 1.82) is 0 Å². The molecule has 2 atom stereocenters. The van der Waals surface area contributed by atoms with Crippen molar-refractivity contribution >= 4 is 46.7 Å². The maximum atomic E-state index is 9.68. The molecule has 7 heteroatoms. The van der Waals surface area contributed by atoms with E-state index < -0.39 is 11.0 Å². The van der Waals surface area contributed by atoms with Crippen LogP contribution in [0, 0.1) is 0 Å². The summed E-state index contributed by atoms with van der Waals surface area (Å²) in [6.07, 6.45) is 1.43. The first-order valence-corrected chi connectivity index (χ1v) is 5.95. The smallest absolute Gasteiger partial charge is 0.160 e. The third-order valence-corrected chi connectivity index (χ3v) is 3.63. The Bertz CT molecular complexity index is 495. The summed E-state index contributed by atoms with van der Waals surface area (Å²) in [5.41, 5.74) is -0.771. The maximum absolute atomic E-state index is 9.68. The van der Waals surface area contributed by atoms with E-state index in [4.69, 9.17) is 35.4 Å². The van der Waals surface area contributed by atoms with Gasteiger partial charge in [0.2, 0.25) is 0 Å². The van der Waals surface area contributed by atoms with Crippen molar-refractivity contribution in [3.05, 3.63) is 23.8 Å². The van der Waals surface area contributed by atoms with Crippen molar-refractivity contribution in [2.45, 2.75) is 11.0 Å². The zero-order valence-corrected chi connectivity index (χ0v) is 10.7. The molecule has 2 rings (SSSR count). The number of rotatable bonds is 1. The second-order valence-electron chi connectivity index (χ2n) is 3.42. The van der Waals surface area contributed by atoms with Crippen molar-refractivity contribution in [3.8, 4) is 11.5 Å². The minimum absolute atomic E-state index is 0.0400. The molecular formula is C10H8Cl2N2O2S. The van der Waals surface area contributed by atoms with Crippen LogP contribution < -0.4 is 0 Å². The Kier molecular flexibility index (Phi) is 3.42. The molecule has 1 heterocycles. The van der Waals surface area contributed by atoms with Gasteiger partial charge in [-0.15, -0.1) is 0 Å². The van der Waals surface area contributed by atoms with Crippen molar-refractivity contribution in [2.24, 2.45) is 4.99 Å². The zero-order chi connectivity index (χ0) is 12.6. The topological polar surface area (TPSA) is 56.1 Å². The van der Waals surface area contributed by atoms with Gasteiger partial charge in [0.25, 0.3) is 0 Å². The quantitative estimate of drug-likeness (QED) is 0.473. The van der Waals surface area contributed by atoms with Gasteiger partial charge in [0.05, 0.1) is 11.9 Å². The second kappa shape index (κ2) is 4.68. The molecule has 0 bridgehead atoms. The normalized spacial score (nSPS) is 23.1. The Labute approximate surface area is 113 Å². The largest absolute Gasteiger partial charge is 0.508 e. The standard InChI is InChI=1S/C10H8Cl2N2O2S/c11-8-9(12)14(4-13-8)10(17)6-2-1-5(15)3-7(6)16/h1-4,8-9,15-16H. The molecule has 17 heavy (non-hydrogen) atoms. The fourth-order valence-corrected chi connectivity index (χ4v) is 2.18. The van der Waals surface area contributed by atoms with E-state index >= 15 is 0 Å². The van der Waals surface area contributed by atoms with Gasteiger partial charge in [0.1, 0.15) is 22.0 Å². The van der Waals surface area contributed by atoms with E-state index in [-0.39, 0.29) is 11.5 Å². The van der Waals surface area contributed by atoms with E-state index in [0.717, 1.165) is 0 Å². The Morgan fingerprint density at radius 1 is 1.35 bits per heavy atom. The monoisotopic (exact) mass is 290 g/mol. The van der Waals surface area contributed by atoms with Crippen LogP contribution in [-0.4, -0.2) is 37.4 Å². The number of thiocarbonyl (C=S) groups is 1. The predicted molar refractivity (Wildman–Crippen MR) is 71.1 cm³/mol. The highest BCUT2D eigenvalue weighted by molar-refractivity contribution is 7.80. The predicted octanol–water partition coefficient (Wildman–Crippen LogP) is 2.25. The van der Waals surface area contributed by atoms with Crippen molar-refractivity contribution < 1.29 is 10.2 Å². The number of hydrogen-bond donors (Lipinski definition) is 2. The van der Waals surface area contributed by atoms with Crippen LogP contribution in [0.25, 0.3) is 0 Å². The van der Waals surface area contributed by atoms with Crippen molar-refractivity contribution in [3.63, 3.8) is 0 Å². The zero-order valence-electron chi connectivity index (χ0n) is 8.42. The van der Waals surface area contributed by atoms with Gasteiger partial charge in [-0.1, -0.05) is 35.4 Å². The summed E-state index contributed by atoms with van der Waals surface area (Å²) in [5, 5.41) is 18.9.